The van der Waals surface area contributed by atoms with E-state index in [2.05, 4.69) is 17.1 Å². The second-order valence-electron chi connectivity index (χ2n) is 7.67. The third-order valence-corrected chi connectivity index (χ3v) is 5.84. The molecule has 0 saturated heterocycles. The Labute approximate surface area is 147 Å². The Morgan fingerprint density at radius 3 is 2.44 bits per heavy atom. The summed E-state index contributed by atoms with van der Waals surface area (Å²) in [4.78, 5) is 0. The minimum absolute atomic E-state index is 0.150. The van der Waals surface area contributed by atoms with Crippen molar-refractivity contribution in [2.24, 2.45) is 0 Å². The highest BCUT2D eigenvalue weighted by molar-refractivity contribution is 5.62. The molecule has 1 aromatic heterocycles. The minimum atomic E-state index is -0.972. The molecule has 1 aromatic carbocycles. The molecule has 0 amide bonds. The van der Waals surface area contributed by atoms with Gasteiger partial charge in [-0.2, -0.15) is 10.2 Å². The van der Waals surface area contributed by atoms with Gasteiger partial charge in [0.05, 0.1) is 22.6 Å². The van der Waals surface area contributed by atoms with Gasteiger partial charge in [-0.05, 0) is 62.8 Å². The summed E-state index contributed by atoms with van der Waals surface area (Å²) in [6, 6.07) is 5.52. The van der Waals surface area contributed by atoms with E-state index in [1.165, 1.54) is 18.2 Å². The monoisotopic (exact) mass is 346 g/mol. The summed E-state index contributed by atoms with van der Waals surface area (Å²) < 4.78 is 28.3. The third kappa shape index (κ3) is 2.84. The lowest BCUT2D eigenvalue weighted by Gasteiger charge is -2.45. The summed E-state index contributed by atoms with van der Waals surface area (Å²) in [6.45, 7) is 7.62. The summed E-state index contributed by atoms with van der Waals surface area (Å²) in [6.07, 6.45) is 2.60. The molecular weight excluding hydrogens is 322 g/mol. The quantitative estimate of drug-likeness (QED) is 0.873. The zero-order chi connectivity index (χ0) is 18.4. The molecule has 5 heteroatoms. The standard InChI is InChI=1S/C20H24F2N2O/c1-5-12-9-10-20(4,19(2,3)25)18-13(12)11-16(23-24-18)17-14(21)7-6-8-15(17)22/h6-8,11-12,25H,5,9-10H2,1-4H3/t12-,20-/m0/s1. The van der Waals surface area contributed by atoms with Crippen LogP contribution in [-0.4, -0.2) is 20.9 Å². The van der Waals surface area contributed by atoms with Crippen LogP contribution in [0.4, 0.5) is 8.78 Å². The molecule has 1 N–H and O–H groups in total. The maximum Gasteiger partial charge on any atom is 0.135 e. The molecule has 0 saturated carbocycles. The van der Waals surface area contributed by atoms with Gasteiger partial charge >= 0.3 is 0 Å². The van der Waals surface area contributed by atoms with E-state index < -0.39 is 22.7 Å². The summed E-state index contributed by atoms with van der Waals surface area (Å²) in [5.74, 6) is -1.05. The first-order chi connectivity index (χ1) is 11.7. The number of benzene rings is 1. The first-order valence-electron chi connectivity index (χ1n) is 8.74. The Hall–Kier alpha value is -1.88. The predicted octanol–water partition coefficient (Wildman–Crippen LogP) is 4.74. The predicted molar refractivity (Wildman–Crippen MR) is 93.3 cm³/mol. The second kappa shape index (κ2) is 6.13. The van der Waals surface area contributed by atoms with Gasteiger partial charge in [-0.1, -0.05) is 19.9 Å². The number of fused-ring (bicyclic) bond motifs is 1. The van der Waals surface area contributed by atoms with Crippen molar-refractivity contribution in [2.75, 3.05) is 0 Å². The van der Waals surface area contributed by atoms with Crippen molar-refractivity contribution in [2.45, 2.75) is 63.9 Å². The number of hydrogen-bond acceptors (Lipinski definition) is 3. The summed E-state index contributed by atoms with van der Waals surface area (Å²) in [5, 5.41) is 19.2. The van der Waals surface area contributed by atoms with E-state index in [1.54, 1.807) is 19.9 Å². The average Bonchev–Trinajstić information content (AvgIpc) is 2.54. The minimum Gasteiger partial charge on any atom is -0.389 e. The second-order valence-corrected chi connectivity index (χ2v) is 7.67. The van der Waals surface area contributed by atoms with Crippen molar-refractivity contribution in [3.05, 3.63) is 47.2 Å². The molecule has 0 aliphatic heterocycles. The molecule has 0 unspecified atom stereocenters. The van der Waals surface area contributed by atoms with Crippen LogP contribution in [0.25, 0.3) is 11.3 Å². The van der Waals surface area contributed by atoms with Crippen LogP contribution < -0.4 is 0 Å². The molecule has 2 aromatic rings. The molecule has 1 heterocycles. The van der Waals surface area contributed by atoms with Crippen molar-refractivity contribution >= 4 is 0 Å². The Bertz CT molecular complexity index is 781. The molecule has 1 aliphatic rings. The van der Waals surface area contributed by atoms with E-state index in [0.717, 1.165) is 30.5 Å². The van der Waals surface area contributed by atoms with E-state index in [1.807, 2.05) is 6.92 Å². The molecule has 0 spiro atoms. The summed E-state index contributed by atoms with van der Waals surface area (Å²) >= 11 is 0. The van der Waals surface area contributed by atoms with Gasteiger partial charge in [-0.15, -0.1) is 0 Å². The fraction of sp³-hybridized carbons (Fsp3) is 0.500. The number of aromatic nitrogens is 2. The molecule has 25 heavy (non-hydrogen) atoms. The largest absolute Gasteiger partial charge is 0.389 e. The summed E-state index contributed by atoms with van der Waals surface area (Å²) in [5.41, 5.74) is 0.202. The van der Waals surface area contributed by atoms with Gasteiger partial charge in [-0.25, -0.2) is 8.78 Å². The van der Waals surface area contributed by atoms with Crippen LogP contribution in [0.5, 0.6) is 0 Å². The SMILES string of the molecule is CC[C@H]1CC[C@](C)(C(C)(C)O)c2nnc(-c3c(F)cccc3F)cc21. The van der Waals surface area contributed by atoms with Crippen molar-refractivity contribution in [3.8, 4) is 11.3 Å². The number of halogens is 2. The highest BCUT2D eigenvalue weighted by Crippen LogP contribution is 2.48. The molecule has 1 aliphatic carbocycles. The van der Waals surface area contributed by atoms with E-state index in [0.29, 0.717) is 0 Å². The average molecular weight is 346 g/mol. The first-order valence-corrected chi connectivity index (χ1v) is 8.74. The van der Waals surface area contributed by atoms with Crippen LogP contribution in [0.15, 0.2) is 24.3 Å². The Balaban J connectivity index is 2.21. The van der Waals surface area contributed by atoms with Gasteiger partial charge in [0.1, 0.15) is 11.6 Å². The van der Waals surface area contributed by atoms with Gasteiger partial charge in [0.2, 0.25) is 0 Å². The fourth-order valence-electron chi connectivity index (χ4n) is 3.77. The van der Waals surface area contributed by atoms with Crippen molar-refractivity contribution in [1.29, 1.82) is 0 Å². The van der Waals surface area contributed by atoms with Gasteiger partial charge in [0.15, 0.2) is 0 Å². The first kappa shape index (κ1) is 17.9. The van der Waals surface area contributed by atoms with Crippen molar-refractivity contribution in [1.82, 2.24) is 10.2 Å². The van der Waals surface area contributed by atoms with Crippen molar-refractivity contribution < 1.29 is 13.9 Å². The number of nitrogens with zero attached hydrogens (tertiary/aromatic N) is 2. The van der Waals surface area contributed by atoms with Crippen LogP contribution in [0.1, 0.15) is 64.1 Å². The molecule has 0 fully saturated rings. The normalized spacial score (nSPS) is 23.4. The fourth-order valence-corrected chi connectivity index (χ4v) is 3.77. The van der Waals surface area contributed by atoms with E-state index in [9.17, 15) is 13.9 Å². The lowest BCUT2D eigenvalue weighted by molar-refractivity contribution is -0.0117. The molecule has 0 radical (unpaired) electrons. The van der Waals surface area contributed by atoms with Gasteiger partial charge in [-0.3, -0.25) is 0 Å². The third-order valence-electron chi connectivity index (χ3n) is 5.84. The van der Waals surface area contributed by atoms with E-state index in [4.69, 9.17) is 0 Å². The molecule has 0 bridgehead atoms. The molecular formula is C20H24F2N2O. The van der Waals surface area contributed by atoms with Gasteiger partial charge in [0.25, 0.3) is 0 Å². The molecule has 3 nitrogen and oxygen atoms in total. The number of aliphatic hydroxyl groups is 1. The number of rotatable bonds is 3. The smallest absolute Gasteiger partial charge is 0.135 e. The van der Waals surface area contributed by atoms with Crippen LogP contribution in [0, 0.1) is 11.6 Å². The zero-order valence-corrected chi connectivity index (χ0v) is 15.1. The van der Waals surface area contributed by atoms with E-state index >= 15 is 0 Å². The van der Waals surface area contributed by atoms with Crippen molar-refractivity contribution in [3.63, 3.8) is 0 Å². The van der Waals surface area contributed by atoms with Crippen LogP contribution in [0.3, 0.4) is 0 Å². The van der Waals surface area contributed by atoms with Gasteiger partial charge < -0.3 is 5.11 Å². The zero-order valence-electron chi connectivity index (χ0n) is 15.1. The molecule has 2 atom stereocenters. The van der Waals surface area contributed by atoms with Crippen LogP contribution in [-0.2, 0) is 5.41 Å². The maximum atomic E-state index is 14.1. The summed E-state index contributed by atoms with van der Waals surface area (Å²) in [7, 11) is 0. The van der Waals surface area contributed by atoms with Crippen LogP contribution >= 0.6 is 0 Å². The lowest BCUT2D eigenvalue weighted by atomic mass is 9.62. The Morgan fingerprint density at radius 2 is 1.88 bits per heavy atom. The van der Waals surface area contributed by atoms with Crippen LogP contribution in [0.2, 0.25) is 0 Å². The van der Waals surface area contributed by atoms with Gasteiger partial charge in [0, 0.05) is 5.41 Å². The molecule has 3 rings (SSSR count). The molecule has 134 valence electrons. The number of hydrogen-bond donors (Lipinski definition) is 1. The Morgan fingerprint density at radius 1 is 1.24 bits per heavy atom. The van der Waals surface area contributed by atoms with E-state index in [-0.39, 0.29) is 17.2 Å². The lowest BCUT2D eigenvalue weighted by Crippen LogP contribution is -2.48. The topological polar surface area (TPSA) is 46.0 Å². The highest BCUT2D eigenvalue weighted by atomic mass is 19.1. The maximum absolute atomic E-state index is 14.1. The highest BCUT2D eigenvalue weighted by Gasteiger charge is 2.47. The Kier molecular flexibility index (Phi) is 4.40.